The number of halogens is 2. The van der Waals surface area contributed by atoms with Gasteiger partial charge in [-0.25, -0.2) is 4.39 Å². The van der Waals surface area contributed by atoms with Crippen molar-refractivity contribution >= 4 is 23.5 Å². The normalized spacial score (nSPS) is 11.1. The van der Waals surface area contributed by atoms with Gasteiger partial charge in [-0.2, -0.15) is 0 Å². The van der Waals surface area contributed by atoms with E-state index in [0.717, 1.165) is 11.3 Å². The maximum Gasteiger partial charge on any atom is 0.129 e. The molecule has 4 heteroatoms. The van der Waals surface area contributed by atoms with Crippen molar-refractivity contribution in [1.82, 2.24) is 0 Å². The number of nitrogens with zero attached hydrogens (tertiary/aromatic N) is 1. The topological polar surface area (TPSA) is 21.6 Å². The molecule has 3 rings (SSSR count). The molecule has 0 atom stereocenters. The molecule has 3 aromatic carbocycles. The van der Waals surface area contributed by atoms with Gasteiger partial charge in [0, 0.05) is 22.4 Å². The highest BCUT2D eigenvalue weighted by Gasteiger charge is 2.06. The molecule has 0 heterocycles. The summed E-state index contributed by atoms with van der Waals surface area (Å²) in [6.07, 6.45) is 1.71. The summed E-state index contributed by atoms with van der Waals surface area (Å²) in [4.78, 5) is 4.52. The number of ether oxygens (including phenoxy) is 1. The number of benzene rings is 3. The highest BCUT2D eigenvalue weighted by molar-refractivity contribution is 6.30. The van der Waals surface area contributed by atoms with Crippen molar-refractivity contribution in [1.29, 1.82) is 0 Å². The predicted octanol–water partition coefficient (Wildman–Crippen LogP) is 6.43. The Hall–Kier alpha value is -2.65. The molecule has 0 spiro atoms. The zero-order valence-electron chi connectivity index (χ0n) is 14.7. The fraction of sp³-hybridized carbons (Fsp3) is 0.136. The molecule has 2 nitrogen and oxygen atoms in total. The van der Waals surface area contributed by atoms with Crippen LogP contribution in [-0.4, -0.2) is 6.21 Å². The number of aliphatic imine (C=N–C) groups is 1. The van der Waals surface area contributed by atoms with E-state index in [1.54, 1.807) is 42.6 Å². The van der Waals surface area contributed by atoms with Crippen LogP contribution < -0.4 is 4.74 Å². The van der Waals surface area contributed by atoms with Gasteiger partial charge in [-0.1, -0.05) is 35.9 Å². The number of hydrogen-bond donors (Lipinski definition) is 0. The molecule has 26 heavy (non-hydrogen) atoms. The zero-order chi connectivity index (χ0) is 18.5. The van der Waals surface area contributed by atoms with Gasteiger partial charge in [-0.3, -0.25) is 4.99 Å². The van der Waals surface area contributed by atoms with E-state index in [1.807, 2.05) is 18.2 Å². The van der Waals surface area contributed by atoms with Crippen LogP contribution in [0.4, 0.5) is 10.1 Å². The average Bonchev–Trinajstić information content (AvgIpc) is 2.63. The first-order valence-corrected chi connectivity index (χ1v) is 8.68. The zero-order valence-corrected chi connectivity index (χ0v) is 15.4. The largest absolute Gasteiger partial charge is 0.488 e. The van der Waals surface area contributed by atoms with Crippen LogP contribution in [0.1, 0.15) is 22.3 Å². The van der Waals surface area contributed by atoms with Crippen LogP contribution in [0.15, 0.2) is 65.7 Å². The highest BCUT2D eigenvalue weighted by atomic mass is 35.5. The molecule has 132 valence electrons. The lowest BCUT2D eigenvalue weighted by Crippen LogP contribution is -2.00. The van der Waals surface area contributed by atoms with Crippen LogP contribution in [0.3, 0.4) is 0 Å². The Labute approximate surface area is 157 Å². The predicted molar refractivity (Wildman–Crippen MR) is 105 cm³/mol. The third kappa shape index (κ3) is 4.50. The van der Waals surface area contributed by atoms with Crippen LogP contribution in [0, 0.1) is 19.7 Å². The monoisotopic (exact) mass is 367 g/mol. The van der Waals surface area contributed by atoms with Gasteiger partial charge in [-0.15, -0.1) is 0 Å². The van der Waals surface area contributed by atoms with E-state index in [-0.39, 0.29) is 12.4 Å². The fourth-order valence-electron chi connectivity index (χ4n) is 2.47. The molecule has 0 aliphatic rings. The number of hydrogen-bond acceptors (Lipinski definition) is 2. The average molecular weight is 368 g/mol. The van der Waals surface area contributed by atoms with E-state index < -0.39 is 0 Å². The molecule has 0 amide bonds. The summed E-state index contributed by atoms with van der Waals surface area (Å²) in [6.45, 7) is 4.25. The Kier molecular flexibility index (Phi) is 5.69. The van der Waals surface area contributed by atoms with Crippen molar-refractivity contribution in [2.24, 2.45) is 4.99 Å². The summed E-state index contributed by atoms with van der Waals surface area (Å²) in [5.74, 6) is 0.317. The molecule has 0 N–H and O–H groups in total. The van der Waals surface area contributed by atoms with Gasteiger partial charge in [-0.05, 0) is 61.4 Å². The second kappa shape index (κ2) is 8.15. The molecule has 0 saturated carbocycles. The van der Waals surface area contributed by atoms with E-state index in [1.165, 1.54) is 17.2 Å². The second-order valence-corrected chi connectivity index (χ2v) is 6.53. The van der Waals surface area contributed by atoms with Crippen LogP contribution >= 0.6 is 11.6 Å². The van der Waals surface area contributed by atoms with Crippen molar-refractivity contribution in [2.75, 3.05) is 0 Å². The van der Waals surface area contributed by atoms with Crippen LogP contribution in [0.2, 0.25) is 5.02 Å². The summed E-state index contributed by atoms with van der Waals surface area (Å²) in [5, 5.41) is 0.588. The van der Waals surface area contributed by atoms with Crippen LogP contribution in [-0.2, 0) is 6.61 Å². The Bertz CT molecular complexity index is 953. The first-order valence-electron chi connectivity index (χ1n) is 8.30. The first kappa shape index (κ1) is 18.2. The summed E-state index contributed by atoms with van der Waals surface area (Å²) in [7, 11) is 0. The van der Waals surface area contributed by atoms with Gasteiger partial charge in [0.25, 0.3) is 0 Å². The van der Waals surface area contributed by atoms with Crippen LogP contribution in [0.5, 0.6) is 5.75 Å². The minimum atomic E-state index is -0.285. The molecule has 3 aromatic rings. The fourth-order valence-corrected chi connectivity index (χ4v) is 2.65. The van der Waals surface area contributed by atoms with Crippen molar-refractivity contribution in [2.45, 2.75) is 20.5 Å². The summed E-state index contributed by atoms with van der Waals surface area (Å²) >= 11 is 6.11. The van der Waals surface area contributed by atoms with Crippen molar-refractivity contribution in [3.8, 4) is 5.75 Å². The van der Waals surface area contributed by atoms with E-state index in [0.29, 0.717) is 16.3 Å². The molecule has 0 aromatic heterocycles. The molecule has 0 radical (unpaired) electrons. The maximum absolute atomic E-state index is 13.8. The van der Waals surface area contributed by atoms with Gasteiger partial charge in [0.1, 0.15) is 18.2 Å². The first-order chi connectivity index (χ1) is 12.5. The van der Waals surface area contributed by atoms with Crippen molar-refractivity contribution < 1.29 is 9.13 Å². The molecule has 0 bridgehead atoms. The Morgan fingerprint density at radius 3 is 2.58 bits per heavy atom. The van der Waals surface area contributed by atoms with E-state index >= 15 is 0 Å². The van der Waals surface area contributed by atoms with Crippen LogP contribution in [0.25, 0.3) is 0 Å². The van der Waals surface area contributed by atoms with E-state index in [2.05, 4.69) is 18.8 Å². The SMILES string of the molecule is Cc1ccc(N=Cc2cc(Cl)ccc2OCc2ccccc2F)cc1C. The second-order valence-electron chi connectivity index (χ2n) is 6.09. The molecule has 0 saturated heterocycles. The summed E-state index contributed by atoms with van der Waals surface area (Å²) in [5.41, 5.74) is 4.50. The third-order valence-electron chi connectivity index (χ3n) is 4.16. The quantitative estimate of drug-likeness (QED) is 0.476. The highest BCUT2D eigenvalue weighted by Crippen LogP contribution is 2.24. The number of aryl methyl sites for hydroxylation is 2. The van der Waals surface area contributed by atoms with Gasteiger partial charge < -0.3 is 4.74 Å². The number of rotatable bonds is 5. The Balaban J connectivity index is 1.82. The molecule has 0 fully saturated rings. The third-order valence-corrected chi connectivity index (χ3v) is 4.39. The lowest BCUT2D eigenvalue weighted by atomic mass is 10.1. The lowest BCUT2D eigenvalue weighted by molar-refractivity contribution is 0.299. The van der Waals surface area contributed by atoms with Crippen molar-refractivity contribution in [3.63, 3.8) is 0 Å². The summed E-state index contributed by atoms with van der Waals surface area (Å²) < 4.78 is 19.6. The molecular weight excluding hydrogens is 349 g/mol. The Morgan fingerprint density at radius 1 is 1.00 bits per heavy atom. The van der Waals surface area contributed by atoms with Gasteiger partial charge >= 0.3 is 0 Å². The molecule has 0 unspecified atom stereocenters. The standard InChI is InChI=1S/C22H19ClFNO/c1-15-7-9-20(11-16(15)2)25-13-18-12-19(23)8-10-22(18)26-14-17-5-3-4-6-21(17)24/h3-13H,14H2,1-2H3. The minimum absolute atomic E-state index is 0.138. The Morgan fingerprint density at radius 2 is 1.81 bits per heavy atom. The smallest absolute Gasteiger partial charge is 0.129 e. The van der Waals surface area contributed by atoms with Gasteiger partial charge in [0.15, 0.2) is 0 Å². The van der Waals surface area contributed by atoms with E-state index in [9.17, 15) is 4.39 Å². The minimum Gasteiger partial charge on any atom is -0.488 e. The van der Waals surface area contributed by atoms with Gasteiger partial charge in [0.2, 0.25) is 0 Å². The molecule has 0 aliphatic carbocycles. The summed E-state index contributed by atoms with van der Waals surface area (Å²) in [6, 6.07) is 17.9. The van der Waals surface area contributed by atoms with Crippen molar-refractivity contribution in [3.05, 3.63) is 93.8 Å². The van der Waals surface area contributed by atoms with E-state index in [4.69, 9.17) is 16.3 Å². The molecule has 0 aliphatic heterocycles. The van der Waals surface area contributed by atoms with Gasteiger partial charge in [0.05, 0.1) is 5.69 Å². The molecular formula is C22H19ClFNO. The maximum atomic E-state index is 13.8. The lowest BCUT2D eigenvalue weighted by Gasteiger charge is -2.10.